The largest absolute Gasteiger partial charge is 0.492 e. The van der Waals surface area contributed by atoms with E-state index >= 15 is 0 Å². The third kappa shape index (κ3) is 5.85. The summed E-state index contributed by atoms with van der Waals surface area (Å²) in [5.41, 5.74) is 0.728. The van der Waals surface area contributed by atoms with Gasteiger partial charge >= 0.3 is 0 Å². The van der Waals surface area contributed by atoms with Crippen LogP contribution in [0.2, 0.25) is 5.02 Å². The Morgan fingerprint density at radius 3 is 2.48 bits per heavy atom. The highest BCUT2D eigenvalue weighted by atomic mass is 35.5. The van der Waals surface area contributed by atoms with Crippen molar-refractivity contribution in [1.82, 2.24) is 5.32 Å². The molecule has 21 heavy (non-hydrogen) atoms. The fourth-order valence-electron chi connectivity index (χ4n) is 1.70. The number of hydrogen-bond donors (Lipinski definition) is 2. The monoisotopic (exact) mass is 304 g/mol. The first-order chi connectivity index (χ1) is 10.2. The molecule has 0 aliphatic carbocycles. The summed E-state index contributed by atoms with van der Waals surface area (Å²) in [6.07, 6.45) is 0. The third-order valence-electron chi connectivity index (χ3n) is 2.70. The number of nitrogens with one attached hydrogen (secondary N) is 2. The molecule has 0 radical (unpaired) electrons. The van der Waals surface area contributed by atoms with Crippen molar-refractivity contribution in [2.24, 2.45) is 0 Å². The van der Waals surface area contributed by atoms with Crippen molar-refractivity contribution in [2.45, 2.75) is 0 Å². The summed E-state index contributed by atoms with van der Waals surface area (Å²) in [5, 5.41) is 6.44. The van der Waals surface area contributed by atoms with E-state index in [1.165, 1.54) is 0 Å². The van der Waals surface area contributed by atoms with Gasteiger partial charge in [-0.25, -0.2) is 0 Å². The van der Waals surface area contributed by atoms with Crippen LogP contribution in [0, 0.1) is 0 Å². The van der Waals surface area contributed by atoms with E-state index in [0.717, 1.165) is 11.4 Å². The highest BCUT2D eigenvalue weighted by Crippen LogP contribution is 2.13. The first kappa shape index (κ1) is 15.4. The van der Waals surface area contributed by atoms with Gasteiger partial charge in [0.1, 0.15) is 12.4 Å². The Bertz CT molecular complexity index is 558. The first-order valence-electron chi connectivity index (χ1n) is 6.68. The van der Waals surface area contributed by atoms with Gasteiger partial charge in [-0.1, -0.05) is 29.8 Å². The zero-order chi connectivity index (χ0) is 14.9. The van der Waals surface area contributed by atoms with E-state index in [1.54, 1.807) is 24.3 Å². The predicted molar refractivity (Wildman–Crippen MR) is 84.9 cm³/mol. The Morgan fingerprint density at radius 1 is 1.05 bits per heavy atom. The molecular weight excluding hydrogens is 288 g/mol. The van der Waals surface area contributed by atoms with Crippen molar-refractivity contribution in [3.8, 4) is 5.75 Å². The highest BCUT2D eigenvalue weighted by molar-refractivity contribution is 6.30. The molecule has 2 aromatic rings. The van der Waals surface area contributed by atoms with E-state index in [-0.39, 0.29) is 12.5 Å². The molecule has 5 heteroatoms. The van der Waals surface area contributed by atoms with Crippen LogP contribution in [-0.2, 0) is 4.79 Å². The van der Waals surface area contributed by atoms with Crippen LogP contribution in [0.15, 0.2) is 54.6 Å². The standard InChI is InChI=1S/C16H17ClN2O2/c17-13-6-8-14(9-7-13)19-16(20)12-18-10-11-21-15-4-2-1-3-5-15/h1-9,18H,10-12H2,(H,19,20). The van der Waals surface area contributed by atoms with Crippen molar-refractivity contribution in [3.63, 3.8) is 0 Å². The Kier molecular flexibility index (Phi) is 6.06. The second-order valence-corrected chi connectivity index (χ2v) is 4.83. The van der Waals surface area contributed by atoms with Gasteiger partial charge in [0.15, 0.2) is 0 Å². The number of hydrogen-bond acceptors (Lipinski definition) is 3. The Hall–Kier alpha value is -2.04. The van der Waals surface area contributed by atoms with Crippen LogP contribution in [-0.4, -0.2) is 25.6 Å². The number of amides is 1. The SMILES string of the molecule is O=C(CNCCOc1ccccc1)Nc1ccc(Cl)cc1. The summed E-state index contributed by atoms with van der Waals surface area (Å²) in [7, 11) is 0. The second-order valence-electron chi connectivity index (χ2n) is 4.39. The average Bonchev–Trinajstić information content (AvgIpc) is 2.50. The van der Waals surface area contributed by atoms with Crippen molar-refractivity contribution in [3.05, 3.63) is 59.6 Å². The molecule has 2 aromatic carbocycles. The van der Waals surface area contributed by atoms with Gasteiger partial charge in [-0.15, -0.1) is 0 Å². The lowest BCUT2D eigenvalue weighted by atomic mass is 10.3. The van der Waals surface area contributed by atoms with Crippen LogP contribution in [0.25, 0.3) is 0 Å². The minimum atomic E-state index is -0.1000. The number of carbonyl (C=O) groups is 1. The molecule has 0 aromatic heterocycles. The smallest absolute Gasteiger partial charge is 0.238 e. The number of carbonyl (C=O) groups excluding carboxylic acids is 1. The summed E-state index contributed by atoms with van der Waals surface area (Å²) in [4.78, 5) is 11.7. The maximum Gasteiger partial charge on any atom is 0.238 e. The highest BCUT2D eigenvalue weighted by Gasteiger charge is 2.01. The third-order valence-corrected chi connectivity index (χ3v) is 2.96. The summed E-state index contributed by atoms with van der Waals surface area (Å²) in [6, 6.07) is 16.6. The topological polar surface area (TPSA) is 50.4 Å². The molecule has 110 valence electrons. The van der Waals surface area contributed by atoms with E-state index in [9.17, 15) is 4.79 Å². The number of para-hydroxylation sites is 1. The number of rotatable bonds is 7. The molecule has 0 atom stereocenters. The normalized spacial score (nSPS) is 10.1. The van der Waals surface area contributed by atoms with Crippen LogP contribution in [0.4, 0.5) is 5.69 Å². The molecule has 1 amide bonds. The van der Waals surface area contributed by atoms with Crippen LogP contribution < -0.4 is 15.4 Å². The first-order valence-corrected chi connectivity index (χ1v) is 7.06. The van der Waals surface area contributed by atoms with E-state index in [2.05, 4.69) is 10.6 Å². The molecule has 0 heterocycles. The Balaban J connectivity index is 1.60. The van der Waals surface area contributed by atoms with Crippen LogP contribution in [0.5, 0.6) is 5.75 Å². The number of anilines is 1. The molecule has 4 nitrogen and oxygen atoms in total. The fraction of sp³-hybridized carbons (Fsp3) is 0.188. The maximum atomic E-state index is 11.7. The van der Waals surface area contributed by atoms with Gasteiger partial charge in [0.2, 0.25) is 5.91 Å². The van der Waals surface area contributed by atoms with Gasteiger partial charge < -0.3 is 15.4 Å². The van der Waals surface area contributed by atoms with Gasteiger partial charge in [-0.3, -0.25) is 4.79 Å². The van der Waals surface area contributed by atoms with Crippen molar-refractivity contribution in [2.75, 3.05) is 25.0 Å². The van der Waals surface area contributed by atoms with Gasteiger partial charge in [-0.2, -0.15) is 0 Å². The van der Waals surface area contributed by atoms with Gasteiger partial charge in [0, 0.05) is 17.3 Å². The molecule has 0 bridgehead atoms. The maximum absolute atomic E-state index is 11.7. The molecule has 2 rings (SSSR count). The zero-order valence-electron chi connectivity index (χ0n) is 11.5. The molecule has 0 saturated heterocycles. The quantitative estimate of drug-likeness (QED) is 0.773. The van der Waals surface area contributed by atoms with Gasteiger partial charge in [0.05, 0.1) is 6.54 Å². The van der Waals surface area contributed by atoms with Crippen molar-refractivity contribution < 1.29 is 9.53 Å². The molecule has 2 N–H and O–H groups in total. The lowest BCUT2D eigenvalue weighted by Gasteiger charge is -2.08. The molecule has 0 aliphatic heterocycles. The Morgan fingerprint density at radius 2 is 1.76 bits per heavy atom. The molecular formula is C16H17ClN2O2. The van der Waals surface area contributed by atoms with Crippen LogP contribution in [0.3, 0.4) is 0 Å². The van der Waals surface area contributed by atoms with Gasteiger partial charge in [-0.05, 0) is 36.4 Å². The molecule has 0 fully saturated rings. The van der Waals surface area contributed by atoms with E-state index in [4.69, 9.17) is 16.3 Å². The van der Waals surface area contributed by atoms with Crippen LogP contribution in [0.1, 0.15) is 0 Å². The molecule has 0 spiro atoms. The lowest BCUT2D eigenvalue weighted by molar-refractivity contribution is -0.115. The summed E-state index contributed by atoms with van der Waals surface area (Å²) in [5.74, 6) is 0.724. The number of benzene rings is 2. The molecule has 0 saturated carbocycles. The van der Waals surface area contributed by atoms with E-state index < -0.39 is 0 Å². The average molecular weight is 305 g/mol. The summed E-state index contributed by atoms with van der Waals surface area (Å²) in [6.45, 7) is 1.35. The van der Waals surface area contributed by atoms with Crippen LogP contribution >= 0.6 is 11.6 Å². The molecule has 0 aliphatic rings. The van der Waals surface area contributed by atoms with Gasteiger partial charge in [0.25, 0.3) is 0 Å². The minimum Gasteiger partial charge on any atom is -0.492 e. The predicted octanol–water partition coefficient (Wildman–Crippen LogP) is 2.95. The molecule has 0 unspecified atom stereocenters. The van der Waals surface area contributed by atoms with Crippen molar-refractivity contribution >= 4 is 23.2 Å². The zero-order valence-corrected chi connectivity index (χ0v) is 12.3. The summed E-state index contributed by atoms with van der Waals surface area (Å²) >= 11 is 5.78. The number of ether oxygens (including phenoxy) is 1. The number of halogens is 1. The fourth-order valence-corrected chi connectivity index (χ4v) is 1.82. The minimum absolute atomic E-state index is 0.1000. The van der Waals surface area contributed by atoms with E-state index in [0.29, 0.717) is 18.2 Å². The van der Waals surface area contributed by atoms with Crippen molar-refractivity contribution in [1.29, 1.82) is 0 Å². The second kappa shape index (κ2) is 8.29. The lowest BCUT2D eigenvalue weighted by Crippen LogP contribution is -2.31. The van der Waals surface area contributed by atoms with E-state index in [1.807, 2.05) is 30.3 Å². The Labute approximate surface area is 129 Å². The summed E-state index contributed by atoms with van der Waals surface area (Å²) < 4.78 is 5.51.